The summed E-state index contributed by atoms with van der Waals surface area (Å²) in [5, 5.41) is 11.9. The fourth-order valence-corrected chi connectivity index (χ4v) is 3.50. The molecule has 9 nitrogen and oxygen atoms in total. The highest BCUT2D eigenvalue weighted by atomic mass is 16.8. The van der Waals surface area contributed by atoms with Crippen molar-refractivity contribution >= 4 is 11.9 Å². The molecule has 0 aromatic heterocycles. The molecule has 2 saturated heterocycles. The molecule has 0 aliphatic carbocycles. The summed E-state index contributed by atoms with van der Waals surface area (Å²) in [7, 11) is 0. The second-order valence-electron chi connectivity index (χ2n) is 7.67. The molecule has 0 radical (unpaired) electrons. The zero-order valence-corrected chi connectivity index (χ0v) is 16.9. The highest BCUT2D eigenvalue weighted by molar-refractivity contribution is 5.73. The Hall–Kier alpha value is -2.20. The van der Waals surface area contributed by atoms with Gasteiger partial charge >= 0.3 is 5.97 Å². The first-order chi connectivity index (χ1) is 13.6. The van der Waals surface area contributed by atoms with E-state index in [1.165, 1.54) is 6.92 Å². The van der Waals surface area contributed by atoms with Crippen molar-refractivity contribution < 1.29 is 38.4 Å². The van der Waals surface area contributed by atoms with E-state index in [4.69, 9.17) is 28.8 Å². The number of aliphatic carboxylic acids is 1. The third-order valence-corrected chi connectivity index (χ3v) is 4.67. The van der Waals surface area contributed by atoms with Gasteiger partial charge in [0.2, 0.25) is 12.2 Å². The van der Waals surface area contributed by atoms with Crippen LogP contribution >= 0.6 is 0 Å². The summed E-state index contributed by atoms with van der Waals surface area (Å²) in [6.45, 7) is 6.45. The first-order valence-corrected chi connectivity index (χ1v) is 9.46. The van der Waals surface area contributed by atoms with Crippen molar-refractivity contribution in [2.24, 2.45) is 0 Å². The Bertz CT molecular complexity index is 752. The number of nitrogens with one attached hydrogen (secondary N) is 1. The summed E-state index contributed by atoms with van der Waals surface area (Å²) >= 11 is 0. The standard InChI is InChI=1S/C20H27NO8/c1-11-6-5-7-13(8-11)27-19-16(21-12(2)22)18(25-10-15(23)24)17-14(28-19)9-26-20(3,4)29-17/h5-8,14,16-19H,9-10H2,1-4H3,(H,21,22)(H,23,24). The zero-order valence-electron chi connectivity index (χ0n) is 16.9. The van der Waals surface area contributed by atoms with Gasteiger partial charge in [-0.3, -0.25) is 4.79 Å². The van der Waals surface area contributed by atoms with Crippen LogP contribution in [0.15, 0.2) is 24.3 Å². The van der Waals surface area contributed by atoms with Gasteiger partial charge in [0.15, 0.2) is 5.79 Å². The minimum absolute atomic E-state index is 0.213. The molecule has 0 bridgehead atoms. The zero-order chi connectivity index (χ0) is 21.2. The van der Waals surface area contributed by atoms with E-state index in [0.29, 0.717) is 5.75 Å². The SMILES string of the molecule is CC(=O)NC1C(Oc2cccc(C)c2)OC2COC(C)(C)OC2C1OCC(=O)O. The molecular formula is C20H27NO8. The van der Waals surface area contributed by atoms with Gasteiger partial charge in [0, 0.05) is 6.92 Å². The normalized spacial score (nSPS) is 30.8. The van der Waals surface area contributed by atoms with Crippen LogP contribution in [0.2, 0.25) is 0 Å². The van der Waals surface area contributed by atoms with Crippen LogP contribution in [0.5, 0.6) is 5.75 Å². The Balaban J connectivity index is 1.90. The van der Waals surface area contributed by atoms with Crippen molar-refractivity contribution in [3.63, 3.8) is 0 Å². The van der Waals surface area contributed by atoms with Crippen molar-refractivity contribution in [1.82, 2.24) is 5.32 Å². The number of aryl methyl sites for hydroxylation is 1. The molecule has 0 spiro atoms. The second kappa shape index (κ2) is 8.66. The second-order valence-corrected chi connectivity index (χ2v) is 7.67. The third-order valence-electron chi connectivity index (χ3n) is 4.67. The first-order valence-electron chi connectivity index (χ1n) is 9.46. The van der Waals surface area contributed by atoms with Crippen LogP contribution in [0.1, 0.15) is 26.3 Å². The maximum Gasteiger partial charge on any atom is 0.329 e. The monoisotopic (exact) mass is 409 g/mol. The third kappa shape index (κ3) is 5.45. The van der Waals surface area contributed by atoms with Crippen LogP contribution in [-0.4, -0.2) is 66.6 Å². The molecule has 1 amide bonds. The minimum Gasteiger partial charge on any atom is -0.480 e. The van der Waals surface area contributed by atoms with Gasteiger partial charge in [-0.15, -0.1) is 0 Å². The van der Waals surface area contributed by atoms with Crippen molar-refractivity contribution in [2.45, 2.75) is 64.1 Å². The fraction of sp³-hybridized carbons (Fsp3) is 0.600. The number of hydrogen-bond acceptors (Lipinski definition) is 7. The summed E-state index contributed by atoms with van der Waals surface area (Å²) in [5.74, 6) is -1.80. The molecule has 29 heavy (non-hydrogen) atoms. The Morgan fingerprint density at radius 3 is 2.76 bits per heavy atom. The number of carbonyl (C=O) groups is 2. The predicted octanol–water partition coefficient (Wildman–Crippen LogP) is 1.22. The van der Waals surface area contributed by atoms with Crippen molar-refractivity contribution in [2.75, 3.05) is 13.2 Å². The topological polar surface area (TPSA) is 113 Å². The molecule has 5 atom stereocenters. The Kier molecular flexibility index (Phi) is 6.42. The van der Waals surface area contributed by atoms with Crippen LogP contribution in [0.4, 0.5) is 0 Å². The van der Waals surface area contributed by atoms with Gasteiger partial charge in [0.05, 0.1) is 6.61 Å². The molecule has 3 rings (SSSR count). The fourth-order valence-electron chi connectivity index (χ4n) is 3.50. The van der Waals surface area contributed by atoms with E-state index in [9.17, 15) is 9.59 Å². The van der Waals surface area contributed by atoms with Gasteiger partial charge in [-0.2, -0.15) is 0 Å². The molecular weight excluding hydrogens is 382 g/mol. The number of rotatable bonds is 6. The van der Waals surface area contributed by atoms with Gasteiger partial charge < -0.3 is 34.1 Å². The minimum atomic E-state index is -1.13. The molecule has 2 N–H and O–H groups in total. The van der Waals surface area contributed by atoms with E-state index in [2.05, 4.69) is 5.32 Å². The maximum atomic E-state index is 11.9. The Labute approximate surface area is 169 Å². The number of amides is 1. The maximum absolute atomic E-state index is 11.9. The lowest BCUT2D eigenvalue weighted by atomic mass is 9.95. The van der Waals surface area contributed by atoms with Gasteiger partial charge in [0.1, 0.15) is 36.7 Å². The highest BCUT2D eigenvalue weighted by Crippen LogP contribution is 2.34. The van der Waals surface area contributed by atoms with E-state index < -0.39 is 49.0 Å². The Morgan fingerprint density at radius 1 is 1.34 bits per heavy atom. The summed E-state index contributed by atoms with van der Waals surface area (Å²) in [6, 6.07) is 6.60. The number of fused-ring (bicyclic) bond motifs is 1. The van der Waals surface area contributed by atoms with Crippen LogP contribution in [0.3, 0.4) is 0 Å². The average Bonchev–Trinajstić information content (AvgIpc) is 2.61. The number of ether oxygens (including phenoxy) is 5. The van der Waals surface area contributed by atoms with E-state index in [-0.39, 0.29) is 12.5 Å². The van der Waals surface area contributed by atoms with Crippen molar-refractivity contribution in [3.05, 3.63) is 29.8 Å². The van der Waals surface area contributed by atoms with Crippen molar-refractivity contribution in [1.29, 1.82) is 0 Å². The molecule has 1 aromatic rings. The number of hydrogen-bond donors (Lipinski definition) is 2. The lowest BCUT2D eigenvalue weighted by molar-refractivity contribution is -0.364. The highest BCUT2D eigenvalue weighted by Gasteiger charge is 2.53. The summed E-state index contributed by atoms with van der Waals surface area (Å²) in [4.78, 5) is 23.0. The summed E-state index contributed by atoms with van der Waals surface area (Å²) in [6.07, 6.45) is -2.94. The number of carbonyl (C=O) groups excluding carboxylic acids is 1. The molecule has 2 aliphatic rings. The van der Waals surface area contributed by atoms with Gasteiger partial charge in [-0.25, -0.2) is 4.79 Å². The smallest absolute Gasteiger partial charge is 0.329 e. The summed E-state index contributed by atoms with van der Waals surface area (Å²) in [5.41, 5.74) is 0.997. The largest absolute Gasteiger partial charge is 0.480 e. The van der Waals surface area contributed by atoms with Gasteiger partial charge in [0.25, 0.3) is 0 Å². The number of benzene rings is 1. The molecule has 1 aromatic carbocycles. The molecule has 9 heteroatoms. The first kappa shape index (κ1) is 21.5. The average molecular weight is 409 g/mol. The molecule has 5 unspecified atom stereocenters. The molecule has 2 aliphatic heterocycles. The van der Waals surface area contributed by atoms with Crippen molar-refractivity contribution in [3.8, 4) is 5.75 Å². The lowest BCUT2D eigenvalue weighted by Gasteiger charge is -2.50. The number of carboxylic acids is 1. The van der Waals surface area contributed by atoms with Crippen LogP contribution in [0, 0.1) is 6.92 Å². The Morgan fingerprint density at radius 2 is 2.10 bits per heavy atom. The van der Waals surface area contributed by atoms with E-state index >= 15 is 0 Å². The predicted molar refractivity (Wildman–Crippen MR) is 100 cm³/mol. The molecule has 0 saturated carbocycles. The number of carboxylic acid groups (broad SMARTS) is 1. The van der Waals surface area contributed by atoms with E-state index in [0.717, 1.165) is 5.56 Å². The van der Waals surface area contributed by atoms with Gasteiger partial charge in [-0.1, -0.05) is 12.1 Å². The molecule has 2 heterocycles. The molecule has 160 valence electrons. The van der Waals surface area contributed by atoms with Crippen LogP contribution in [0.25, 0.3) is 0 Å². The summed E-state index contributed by atoms with van der Waals surface area (Å²) < 4.78 is 29.4. The van der Waals surface area contributed by atoms with E-state index in [1.807, 2.05) is 25.1 Å². The van der Waals surface area contributed by atoms with Crippen LogP contribution < -0.4 is 10.1 Å². The van der Waals surface area contributed by atoms with Crippen LogP contribution in [-0.2, 0) is 28.5 Å². The van der Waals surface area contributed by atoms with E-state index in [1.54, 1.807) is 19.9 Å². The van der Waals surface area contributed by atoms with Gasteiger partial charge in [-0.05, 0) is 38.5 Å². The molecule has 2 fully saturated rings. The quantitative estimate of drug-likeness (QED) is 0.721. The lowest BCUT2D eigenvalue weighted by Crippen LogP contribution is -2.69.